The Balaban J connectivity index is 2.20. The van der Waals surface area contributed by atoms with Crippen molar-refractivity contribution < 1.29 is 0 Å². The van der Waals surface area contributed by atoms with E-state index in [9.17, 15) is 0 Å². The SMILES string of the molecule is CCNC(C)c1ccc(Sc2ccc(C)cc2C)cc1Br. The van der Waals surface area contributed by atoms with Gasteiger partial charge in [-0.2, -0.15) is 0 Å². The minimum absolute atomic E-state index is 0.365. The van der Waals surface area contributed by atoms with E-state index in [0.29, 0.717) is 6.04 Å². The number of halogens is 1. The molecular weight excluding hydrogens is 342 g/mol. The zero-order valence-corrected chi connectivity index (χ0v) is 15.4. The summed E-state index contributed by atoms with van der Waals surface area (Å²) in [6.07, 6.45) is 0. The van der Waals surface area contributed by atoms with E-state index in [4.69, 9.17) is 0 Å². The van der Waals surface area contributed by atoms with E-state index in [-0.39, 0.29) is 0 Å². The van der Waals surface area contributed by atoms with Crippen LogP contribution in [0.15, 0.2) is 50.7 Å². The first-order chi connectivity index (χ1) is 10.0. The van der Waals surface area contributed by atoms with Gasteiger partial charge in [-0.3, -0.25) is 0 Å². The molecular formula is C18H22BrNS. The van der Waals surface area contributed by atoms with Crippen molar-refractivity contribution >= 4 is 27.7 Å². The molecule has 0 aliphatic carbocycles. The average molecular weight is 364 g/mol. The minimum Gasteiger partial charge on any atom is -0.310 e. The van der Waals surface area contributed by atoms with Crippen molar-refractivity contribution in [2.45, 2.75) is 43.5 Å². The Kier molecular flexibility index (Phi) is 5.91. The molecule has 0 saturated carbocycles. The topological polar surface area (TPSA) is 12.0 Å². The van der Waals surface area contributed by atoms with Gasteiger partial charge < -0.3 is 5.32 Å². The zero-order valence-electron chi connectivity index (χ0n) is 13.0. The van der Waals surface area contributed by atoms with Crippen LogP contribution < -0.4 is 5.32 Å². The molecule has 1 atom stereocenters. The fraction of sp³-hybridized carbons (Fsp3) is 0.333. The highest BCUT2D eigenvalue weighted by molar-refractivity contribution is 9.10. The first-order valence-electron chi connectivity index (χ1n) is 7.29. The molecule has 21 heavy (non-hydrogen) atoms. The largest absolute Gasteiger partial charge is 0.310 e. The van der Waals surface area contributed by atoms with E-state index in [0.717, 1.165) is 6.54 Å². The van der Waals surface area contributed by atoms with Gasteiger partial charge in [-0.15, -0.1) is 0 Å². The van der Waals surface area contributed by atoms with Gasteiger partial charge in [0, 0.05) is 20.3 Å². The van der Waals surface area contributed by atoms with Crippen LogP contribution in [0.5, 0.6) is 0 Å². The molecule has 1 unspecified atom stereocenters. The third-order valence-electron chi connectivity index (χ3n) is 3.51. The Labute approximate surface area is 140 Å². The van der Waals surface area contributed by atoms with Gasteiger partial charge in [0.1, 0.15) is 0 Å². The molecule has 0 bridgehead atoms. The van der Waals surface area contributed by atoms with Crippen LogP contribution in [0, 0.1) is 13.8 Å². The van der Waals surface area contributed by atoms with Crippen molar-refractivity contribution in [1.29, 1.82) is 0 Å². The summed E-state index contributed by atoms with van der Waals surface area (Å²) < 4.78 is 1.17. The van der Waals surface area contributed by atoms with Crippen LogP contribution in [0.1, 0.15) is 36.6 Å². The van der Waals surface area contributed by atoms with Gasteiger partial charge in [0.05, 0.1) is 0 Å². The first-order valence-corrected chi connectivity index (χ1v) is 8.90. The van der Waals surface area contributed by atoms with Crippen LogP contribution in [0.4, 0.5) is 0 Å². The van der Waals surface area contributed by atoms with Crippen LogP contribution >= 0.6 is 27.7 Å². The Hall–Kier alpha value is -0.770. The lowest BCUT2D eigenvalue weighted by molar-refractivity contribution is 0.595. The zero-order chi connectivity index (χ0) is 15.4. The van der Waals surface area contributed by atoms with E-state index < -0.39 is 0 Å². The predicted molar refractivity (Wildman–Crippen MR) is 96.3 cm³/mol. The minimum atomic E-state index is 0.365. The van der Waals surface area contributed by atoms with E-state index in [1.807, 2.05) is 11.8 Å². The lowest BCUT2D eigenvalue weighted by Gasteiger charge is -2.15. The van der Waals surface area contributed by atoms with Crippen LogP contribution in [-0.2, 0) is 0 Å². The Bertz CT molecular complexity index is 625. The maximum Gasteiger partial charge on any atom is 0.0302 e. The second-order valence-electron chi connectivity index (χ2n) is 5.33. The highest BCUT2D eigenvalue weighted by Crippen LogP contribution is 2.34. The number of benzene rings is 2. The highest BCUT2D eigenvalue weighted by atomic mass is 79.9. The normalized spacial score (nSPS) is 12.4. The summed E-state index contributed by atoms with van der Waals surface area (Å²) in [5.74, 6) is 0. The van der Waals surface area contributed by atoms with Gasteiger partial charge in [-0.05, 0) is 56.6 Å². The van der Waals surface area contributed by atoms with Gasteiger partial charge >= 0.3 is 0 Å². The predicted octanol–water partition coefficient (Wildman–Crippen LogP) is 5.89. The Morgan fingerprint density at radius 3 is 2.52 bits per heavy atom. The molecule has 0 heterocycles. The molecule has 0 aliphatic heterocycles. The average Bonchev–Trinajstić information content (AvgIpc) is 2.42. The molecule has 1 N–H and O–H groups in total. The van der Waals surface area contributed by atoms with Crippen molar-refractivity contribution in [1.82, 2.24) is 5.32 Å². The van der Waals surface area contributed by atoms with Gasteiger partial charge in [0.2, 0.25) is 0 Å². The van der Waals surface area contributed by atoms with Crippen molar-refractivity contribution in [3.05, 3.63) is 57.6 Å². The first kappa shape index (κ1) is 16.6. The fourth-order valence-electron chi connectivity index (χ4n) is 2.38. The summed E-state index contributed by atoms with van der Waals surface area (Å²) >= 11 is 5.53. The van der Waals surface area contributed by atoms with E-state index in [1.165, 1.54) is 31.0 Å². The molecule has 2 rings (SSSR count). The Morgan fingerprint density at radius 1 is 1.14 bits per heavy atom. The lowest BCUT2D eigenvalue weighted by Crippen LogP contribution is -2.18. The summed E-state index contributed by atoms with van der Waals surface area (Å²) in [4.78, 5) is 2.58. The van der Waals surface area contributed by atoms with Crippen LogP contribution in [0.25, 0.3) is 0 Å². The maximum atomic E-state index is 3.71. The molecule has 0 amide bonds. The number of nitrogens with one attached hydrogen (secondary N) is 1. The van der Waals surface area contributed by atoms with Gasteiger partial charge in [0.15, 0.2) is 0 Å². The van der Waals surface area contributed by atoms with Crippen molar-refractivity contribution in [3.8, 4) is 0 Å². The molecule has 0 saturated heterocycles. The second-order valence-corrected chi connectivity index (χ2v) is 7.30. The quantitative estimate of drug-likeness (QED) is 0.710. The van der Waals surface area contributed by atoms with E-state index in [2.05, 4.69) is 85.3 Å². The fourth-order valence-corrected chi connectivity index (χ4v) is 4.18. The third kappa shape index (κ3) is 4.35. The van der Waals surface area contributed by atoms with E-state index in [1.54, 1.807) is 0 Å². The summed E-state index contributed by atoms with van der Waals surface area (Å²) in [5, 5.41) is 3.45. The maximum absolute atomic E-state index is 3.71. The summed E-state index contributed by atoms with van der Waals surface area (Å²) in [5.41, 5.74) is 3.95. The summed E-state index contributed by atoms with van der Waals surface area (Å²) in [6, 6.07) is 13.6. The molecule has 112 valence electrons. The smallest absolute Gasteiger partial charge is 0.0302 e. The van der Waals surface area contributed by atoms with Crippen molar-refractivity contribution in [2.24, 2.45) is 0 Å². The van der Waals surface area contributed by atoms with Crippen molar-refractivity contribution in [3.63, 3.8) is 0 Å². The molecule has 0 aromatic heterocycles. The molecule has 0 spiro atoms. The number of aryl methyl sites for hydroxylation is 2. The standard InChI is InChI=1S/C18H22BrNS/c1-5-20-14(4)16-8-7-15(11-17(16)19)21-18-9-6-12(2)10-13(18)3/h6-11,14,20H,5H2,1-4H3. The van der Waals surface area contributed by atoms with Crippen LogP contribution in [0.2, 0.25) is 0 Å². The molecule has 2 aromatic rings. The van der Waals surface area contributed by atoms with Crippen LogP contribution in [-0.4, -0.2) is 6.54 Å². The number of rotatable bonds is 5. The molecule has 2 aromatic carbocycles. The molecule has 3 heteroatoms. The lowest BCUT2D eigenvalue weighted by atomic mass is 10.1. The number of hydrogen-bond acceptors (Lipinski definition) is 2. The van der Waals surface area contributed by atoms with Gasteiger partial charge in [-0.1, -0.05) is 58.4 Å². The third-order valence-corrected chi connectivity index (χ3v) is 5.36. The van der Waals surface area contributed by atoms with Gasteiger partial charge in [0.25, 0.3) is 0 Å². The molecule has 0 aliphatic rings. The van der Waals surface area contributed by atoms with Gasteiger partial charge in [-0.25, -0.2) is 0 Å². The Morgan fingerprint density at radius 2 is 1.90 bits per heavy atom. The molecule has 0 fully saturated rings. The van der Waals surface area contributed by atoms with Crippen LogP contribution in [0.3, 0.4) is 0 Å². The molecule has 0 radical (unpaired) electrons. The number of hydrogen-bond donors (Lipinski definition) is 1. The summed E-state index contributed by atoms with van der Waals surface area (Å²) in [6.45, 7) is 9.61. The highest BCUT2D eigenvalue weighted by Gasteiger charge is 2.10. The summed E-state index contributed by atoms with van der Waals surface area (Å²) in [7, 11) is 0. The monoisotopic (exact) mass is 363 g/mol. The van der Waals surface area contributed by atoms with Crippen molar-refractivity contribution in [2.75, 3.05) is 6.54 Å². The molecule has 1 nitrogen and oxygen atoms in total. The van der Waals surface area contributed by atoms with E-state index >= 15 is 0 Å². The second kappa shape index (κ2) is 7.48.